The fourth-order valence-electron chi connectivity index (χ4n) is 4.68. The summed E-state index contributed by atoms with van der Waals surface area (Å²) in [5, 5.41) is 14.5. The van der Waals surface area contributed by atoms with Crippen LogP contribution in [0.4, 0.5) is 9.39 Å². The Morgan fingerprint density at radius 1 is 1.09 bits per heavy atom. The van der Waals surface area contributed by atoms with Gasteiger partial charge in [-0.05, 0) is 87.2 Å². The lowest BCUT2D eigenvalue weighted by Gasteiger charge is -2.14. The fraction of sp³-hybridized carbons (Fsp3) is 0.300. The Kier molecular flexibility index (Phi) is 9.41. The van der Waals surface area contributed by atoms with Crippen LogP contribution in [0.1, 0.15) is 57.2 Å². The van der Waals surface area contributed by atoms with E-state index in [4.69, 9.17) is 9.47 Å². The number of esters is 1. The van der Waals surface area contributed by atoms with Gasteiger partial charge in [-0.1, -0.05) is 11.8 Å². The second kappa shape index (κ2) is 13.4. The number of hydrogen-bond donors (Lipinski definition) is 2. The quantitative estimate of drug-likeness (QED) is 0.173. The molecular weight excluding hydrogens is 593 g/mol. The number of fused-ring (bicyclic) bond motifs is 1. The van der Waals surface area contributed by atoms with E-state index < -0.39 is 17.0 Å². The van der Waals surface area contributed by atoms with E-state index in [1.54, 1.807) is 61.9 Å². The number of ether oxygens (including phenoxy) is 2. The zero-order chi connectivity index (χ0) is 30.5. The van der Waals surface area contributed by atoms with E-state index >= 15 is 0 Å². The van der Waals surface area contributed by atoms with Crippen molar-refractivity contribution in [1.29, 1.82) is 0 Å². The topological polar surface area (TPSA) is 124 Å². The minimum atomic E-state index is -0.642. The van der Waals surface area contributed by atoms with Crippen molar-refractivity contribution in [2.45, 2.75) is 50.1 Å². The molecule has 1 atom stereocenters. The van der Waals surface area contributed by atoms with Crippen molar-refractivity contribution in [3.8, 4) is 11.4 Å². The van der Waals surface area contributed by atoms with Crippen LogP contribution >= 0.6 is 23.1 Å². The standard InChI is InChI=1S/C30H30FN5O5S2/c1-4-41-29(39)25-22-6-5-7-23(22)43-28(25)33-26(37)17(2)42-30-35-34-24(36(30)20-12-10-19(31)11-13-20)16-32-27(38)18-8-14-21(40-3)15-9-18/h8-15,17H,4-7,16H2,1-3H3,(H,32,38)(H,33,37)/t17-/m0/s1. The van der Waals surface area contributed by atoms with Crippen LogP contribution in [-0.2, 0) is 28.9 Å². The first-order chi connectivity index (χ1) is 20.8. The van der Waals surface area contributed by atoms with Crippen LogP contribution < -0.4 is 15.4 Å². The van der Waals surface area contributed by atoms with E-state index in [0.717, 1.165) is 41.5 Å². The van der Waals surface area contributed by atoms with Crippen molar-refractivity contribution < 1.29 is 28.2 Å². The Bertz CT molecular complexity index is 1640. The molecule has 0 fully saturated rings. The highest BCUT2D eigenvalue weighted by Crippen LogP contribution is 2.40. The first-order valence-electron chi connectivity index (χ1n) is 13.7. The van der Waals surface area contributed by atoms with Crippen LogP contribution in [-0.4, -0.2) is 51.5 Å². The molecule has 2 amide bonds. The van der Waals surface area contributed by atoms with E-state index in [-0.39, 0.29) is 25.0 Å². The number of aryl methyl sites for hydroxylation is 1. The number of methoxy groups -OCH3 is 1. The lowest BCUT2D eigenvalue weighted by Crippen LogP contribution is -2.25. The molecular formula is C30H30FN5O5S2. The van der Waals surface area contributed by atoms with Gasteiger partial charge in [-0.25, -0.2) is 9.18 Å². The van der Waals surface area contributed by atoms with Crippen molar-refractivity contribution in [1.82, 2.24) is 20.1 Å². The Hall–Kier alpha value is -4.23. The molecule has 0 saturated heterocycles. The number of carbonyl (C=O) groups is 3. The average Bonchev–Trinajstić information content (AvgIpc) is 3.71. The van der Waals surface area contributed by atoms with Crippen LogP contribution in [0.5, 0.6) is 5.75 Å². The number of thioether (sulfide) groups is 1. The largest absolute Gasteiger partial charge is 0.497 e. The molecule has 1 aliphatic carbocycles. The maximum Gasteiger partial charge on any atom is 0.341 e. The van der Waals surface area contributed by atoms with Gasteiger partial charge >= 0.3 is 5.97 Å². The number of benzene rings is 2. The Morgan fingerprint density at radius 2 is 1.84 bits per heavy atom. The fourth-order valence-corrected chi connectivity index (χ4v) is 6.85. The molecule has 4 aromatic rings. The normalized spacial score (nSPS) is 12.8. The molecule has 2 N–H and O–H groups in total. The number of hydrogen-bond acceptors (Lipinski definition) is 9. The number of thiophene rings is 1. The summed E-state index contributed by atoms with van der Waals surface area (Å²) in [5.41, 5.74) is 2.40. The highest BCUT2D eigenvalue weighted by atomic mass is 32.2. The molecule has 224 valence electrons. The maximum absolute atomic E-state index is 13.7. The number of anilines is 1. The van der Waals surface area contributed by atoms with Gasteiger partial charge in [0.1, 0.15) is 16.6 Å². The first kappa shape index (κ1) is 30.2. The zero-order valence-corrected chi connectivity index (χ0v) is 25.4. The predicted molar refractivity (Wildman–Crippen MR) is 162 cm³/mol. The van der Waals surface area contributed by atoms with Crippen LogP contribution in [0.3, 0.4) is 0 Å². The van der Waals surface area contributed by atoms with Crippen LogP contribution in [0, 0.1) is 5.82 Å². The van der Waals surface area contributed by atoms with Crippen LogP contribution in [0.15, 0.2) is 53.7 Å². The summed E-state index contributed by atoms with van der Waals surface area (Å²) >= 11 is 2.56. The molecule has 0 unspecified atom stereocenters. The smallest absolute Gasteiger partial charge is 0.341 e. The molecule has 0 saturated carbocycles. The third kappa shape index (κ3) is 6.73. The Morgan fingerprint density at radius 3 is 2.53 bits per heavy atom. The molecule has 0 spiro atoms. The van der Waals surface area contributed by atoms with E-state index in [1.165, 1.54) is 23.5 Å². The van der Waals surface area contributed by atoms with Crippen molar-refractivity contribution in [2.24, 2.45) is 0 Å². The summed E-state index contributed by atoms with van der Waals surface area (Å²) < 4.78 is 25.8. The van der Waals surface area contributed by atoms with Gasteiger partial charge in [-0.3, -0.25) is 14.2 Å². The molecule has 2 aromatic heterocycles. The van der Waals surface area contributed by atoms with Crippen LogP contribution in [0.25, 0.3) is 5.69 Å². The highest BCUT2D eigenvalue weighted by molar-refractivity contribution is 8.00. The summed E-state index contributed by atoms with van der Waals surface area (Å²) in [6.45, 7) is 3.74. The predicted octanol–water partition coefficient (Wildman–Crippen LogP) is 5.19. The molecule has 43 heavy (non-hydrogen) atoms. The lowest BCUT2D eigenvalue weighted by molar-refractivity contribution is -0.115. The van der Waals surface area contributed by atoms with Crippen molar-refractivity contribution in [2.75, 3.05) is 19.0 Å². The van der Waals surface area contributed by atoms with Crippen molar-refractivity contribution >= 4 is 45.9 Å². The van der Waals surface area contributed by atoms with Gasteiger partial charge in [0.2, 0.25) is 5.91 Å². The zero-order valence-electron chi connectivity index (χ0n) is 23.8. The number of amides is 2. The Labute approximate surface area is 256 Å². The first-order valence-corrected chi connectivity index (χ1v) is 15.4. The van der Waals surface area contributed by atoms with E-state index in [9.17, 15) is 18.8 Å². The summed E-state index contributed by atoms with van der Waals surface area (Å²) in [5.74, 6) is -0.462. The Balaban J connectivity index is 1.34. The molecule has 1 aliphatic rings. The summed E-state index contributed by atoms with van der Waals surface area (Å²) in [6, 6.07) is 12.4. The number of nitrogens with zero attached hydrogens (tertiary/aromatic N) is 3. The second-order valence-electron chi connectivity index (χ2n) is 9.65. The third-order valence-corrected chi connectivity index (χ3v) is 9.08. The number of halogens is 1. The SMILES string of the molecule is CCOC(=O)c1c(NC(=O)[C@H](C)Sc2nnc(CNC(=O)c3ccc(OC)cc3)n2-c2ccc(F)cc2)sc2c1CCC2. The summed E-state index contributed by atoms with van der Waals surface area (Å²) in [7, 11) is 1.55. The second-order valence-corrected chi connectivity index (χ2v) is 12.1. The van der Waals surface area contributed by atoms with E-state index in [0.29, 0.717) is 38.5 Å². The van der Waals surface area contributed by atoms with Gasteiger partial charge in [-0.15, -0.1) is 21.5 Å². The van der Waals surface area contributed by atoms with Gasteiger partial charge < -0.3 is 20.1 Å². The van der Waals surface area contributed by atoms with E-state index in [2.05, 4.69) is 20.8 Å². The number of rotatable bonds is 11. The minimum absolute atomic E-state index is 0.0278. The molecule has 5 rings (SSSR count). The number of nitrogens with one attached hydrogen (secondary N) is 2. The molecule has 2 heterocycles. The molecule has 0 aliphatic heterocycles. The van der Waals surface area contributed by atoms with E-state index in [1.807, 2.05) is 0 Å². The van der Waals surface area contributed by atoms with Gasteiger partial charge in [-0.2, -0.15) is 0 Å². The van der Waals surface area contributed by atoms with Crippen molar-refractivity contribution in [3.63, 3.8) is 0 Å². The summed E-state index contributed by atoms with van der Waals surface area (Å²) in [4.78, 5) is 39.9. The minimum Gasteiger partial charge on any atom is -0.497 e. The molecule has 2 aromatic carbocycles. The van der Waals surface area contributed by atoms with Gasteiger partial charge in [0.05, 0.1) is 31.1 Å². The monoisotopic (exact) mass is 623 g/mol. The van der Waals surface area contributed by atoms with Gasteiger partial charge in [0.15, 0.2) is 11.0 Å². The molecule has 10 nitrogen and oxygen atoms in total. The highest BCUT2D eigenvalue weighted by Gasteiger charge is 2.30. The number of aromatic nitrogens is 3. The van der Waals surface area contributed by atoms with Crippen LogP contribution in [0.2, 0.25) is 0 Å². The maximum atomic E-state index is 13.7. The molecule has 0 bridgehead atoms. The van der Waals surface area contributed by atoms with Gasteiger partial charge in [0, 0.05) is 16.1 Å². The third-order valence-electron chi connectivity index (χ3n) is 6.83. The average molecular weight is 624 g/mol. The van der Waals surface area contributed by atoms with Gasteiger partial charge in [0.25, 0.3) is 5.91 Å². The molecule has 0 radical (unpaired) electrons. The lowest BCUT2D eigenvalue weighted by atomic mass is 10.1. The number of carbonyl (C=O) groups excluding carboxylic acids is 3. The molecule has 13 heteroatoms. The van der Waals surface area contributed by atoms with Crippen molar-refractivity contribution in [3.05, 3.63) is 81.7 Å². The summed E-state index contributed by atoms with van der Waals surface area (Å²) in [6.07, 6.45) is 2.61.